The van der Waals surface area contributed by atoms with Crippen LogP contribution in [0.4, 0.5) is 0 Å². The Balaban J connectivity index is 1.93. The van der Waals surface area contributed by atoms with E-state index >= 15 is 0 Å². The van der Waals surface area contributed by atoms with Gasteiger partial charge in [0.1, 0.15) is 0 Å². The van der Waals surface area contributed by atoms with Gasteiger partial charge < -0.3 is 15.0 Å². The van der Waals surface area contributed by atoms with E-state index in [2.05, 4.69) is 55.4 Å². The summed E-state index contributed by atoms with van der Waals surface area (Å²) in [7, 11) is 2.23. The van der Waals surface area contributed by atoms with Crippen LogP contribution in [0.1, 0.15) is 38.3 Å². The predicted molar refractivity (Wildman–Crippen MR) is 88.3 cm³/mol. The molecule has 0 radical (unpaired) electrons. The molecule has 1 aromatic rings. The average molecular weight is 290 g/mol. The Labute approximate surface area is 129 Å². The van der Waals surface area contributed by atoms with Crippen molar-refractivity contribution in [3.05, 3.63) is 35.4 Å². The first kappa shape index (κ1) is 16.5. The van der Waals surface area contributed by atoms with E-state index in [0.717, 1.165) is 13.2 Å². The second-order valence-corrected chi connectivity index (χ2v) is 6.39. The van der Waals surface area contributed by atoms with Crippen molar-refractivity contribution in [3.8, 4) is 0 Å². The number of nitrogens with zero attached hydrogens (tertiary/aromatic N) is 1. The van der Waals surface area contributed by atoms with Crippen molar-refractivity contribution in [1.29, 1.82) is 0 Å². The summed E-state index contributed by atoms with van der Waals surface area (Å²) in [5.41, 5.74) is 2.67. The van der Waals surface area contributed by atoms with Crippen LogP contribution < -0.4 is 5.32 Å². The lowest BCUT2D eigenvalue weighted by molar-refractivity contribution is 0.120. The smallest absolute Gasteiger partial charge is 0.0719 e. The summed E-state index contributed by atoms with van der Waals surface area (Å²) in [6.45, 7) is 10.3. The first-order valence-electron chi connectivity index (χ1n) is 8.20. The molecule has 1 saturated heterocycles. The van der Waals surface area contributed by atoms with E-state index in [4.69, 9.17) is 4.74 Å². The maximum atomic E-state index is 5.57. The molecule has 3 nitrogen and oxygen atoms in total. The summed E-state index contributed by atoms with van der Waals surface area (Å²) in [6, 6.07) is 9.87. The highest BCUT2D eigenvalue weighted by Gasteiger charge is 2.28. The molecule has 1 fully saturated rings. The third-order valence-electron chi connectivity index (χ3n) is 4.75. The first-order chi connectivity index (χ1) is 10.1. The Morgan fingerprint density at radius 2 is 1.95 bits per heavy atom. The minimum Gasteiger partial charge on any atom is -0.377 e. The Morgan fingerprint density at radius 3 is 2.67 bits per heavy atom. The van der Waals surface area contributed by atoms with Crippen LogP contribution in [0.15, 0.2) is 24.3 Å². The number of hydrogen-bond acceptors (Lipinski definition) is 3. The summed E-state index contributed by atoms with van der Waals surface area (Å²) in [5, 5.41) is 3.77. The van der Waals surface area contributed by atoms with Crippen molar-refractivity contribution in [3.63, 3.8) is 0 Å². The monoisotopic (exact) mass is 290 g/mol. The molecule has 1 aliphatic heterocycles. The van der Waals surface area contributed by atoms with Crippen molar-refractivity contribution in [1.82, 2.24) is 10.2 Å². The number of benzene rings is 1. The second-order valence-electron chi connectivity index (χ2n) is 6.39. The molecule has 1 aliphatic rings. The van der Waals surface area contributed by atoms with Gasteiger partial charge in [-0.05, 0) is 44.4 Å². The zero-order valence-corrected chi connectivity index (χ0v) is 13.9. The van der Waals surface area contributed by atoms with Gasteiger partial charge in [0, 0.05) is 31.8 Å². The largest absolute Gasteiger partial charge is 0.377 e. The second kappa shape index (κ2) is 7.92. The highest BCUT2D eigenvalue weighted by molar-refractivity contribution is 5.26. The van der Waals surface area contributed by atoms with E-state index in [-0.39, 0.29) is 0 Å². The minimum absolute atomic E-state index is 0.608. The quantitative estimate of drug-likeness (QED) is 0.871. The fraction of sp³-hybridized carbons (Fsp3) is 0.667. The van der Waals surface area contributed by atoms with Gasteiger partial charge in [0.2, 0.25) is 0 Å². The van der Waals surface area contributed by atoms with Crippen LogP contribution in [0.25, 0.3) is 0 Å². The van der Waals surface area contributed by atoms with Crippen LogP contribution in [-0.2, 0) is 17.9 Å². The van der Waals surface area contributed by atoms with Crippen molar-refractivity contribution in [2.75, 3.05) is 20.2 Å². The fourth-order valence-electron chi connectivity index (χ4n) is 3.15. The van der Waals surface area contributed by atoms with E-state index in [0.29, 0.717) is 24.6 Å². The number of nitrogens with one attached hydrogen (secondary N) is 1. The van der Waals surface area contributed by atoms with Crippen LogP contribution in [0, 0.1) is 5.92 Å². The van der Waals surface area contributed by atoms with Crippen LogP contribution in [0.2, 0.25) is 0 Å². The number of rotatable bonds is 6. The molecule has 0 aromatic heterocycles. The Morgan fingerprint density at radius 1 is 1.24 bits per heavy atom. The zero-order valence-electron chi connectivity index (χ0n) is 13.9. The van der Waals surface area contributed by atoms with E-state index in [9.17, 15) is 0 Å². The molecule has 1 N–H and O–H groups in total. The van der Waals surface area contributed by atoms with Gasteiger partial charge in [-0.15, -0.1) is 0 Å². The molecule has 3 unspecified atom stereocenters. The summed E-state index contributed by atoms with van der Waals surface area (Å²) in [4.78, 5) is 2.46. The Kier molecular flexibility index (Phi) is 6.22. The van der Waals surface area contributed by atoms with Crippen LogP contribution >= 0.6 is 0 Å². The molecule has 0 saturated carbocycles. The molecule has 21 heavy (non-hydrogen) atoms. The maximum absolute atomic E-state index is 5.57. The Hall–Kier alpha value is -0.900. The standard InChI is InChI=1S/C18H30N2O/c1-5-21-13-17-9-7-6-8-16(17)11-19-18-10-15(3)20(4)12-14(18)2/h6-9,14-15,18-19H,5,10-13H2,1-4H3. The van der Waals surface area contributed by atoms with Gasteiger partial charge in [-0.1, -0.05) is 31.2 Å². The molecular weight excluding hydrogens is 260 g/mol. The molecule has 0 amide bonds. The SMILES string of the molecule is CCOCc1ccccc1CNC1CC(C)N(C)CC1C. The lowest BCUT2D eigenvalue weighted by atomic mass is 9.89. The fourth-order valence-corrected chi connectivity index (χ4v) is 3.15. The van der Waals surface area contributed by atoms with Crippen LogP contribution in [0.3, 0.4) is 0 Å². The topological polar surface area (TPSA) is 24.5 Å². The highest BCUT2D eigenvalue weighted by atomic mass is 16.5. The van der Waals surface area contributed by atoms with Crippen molar-refractivity contribution >= 4 is 0 Å². The highest BCUT2D eigenvalue weighted by Crippen LogP contribution is 2.21. The molecule has 1 aromatic carbocycles. The van der Waals surface area contributed by atoms with Crippen LogP contribution in [0.5, 0.6) is 0 Å². The lowest BCUT2D eigenvalue weighted by Crippen LogP contribution is -2.50. The van der Waals surface area contributed by atoms with Gasteiger partial charge in [-0.25, -0.2) is 0 Å². The van der Waals surface area contributed by atoms with Gasteiger partial charge in [0.05, 0.1) is 6.61 Å². The zero-order chi connectivity index (χ0) is 15.2. The number of likely N-dealkylation sites (tertiary alicyclic amines) is 1. The summed E-state index contributed by atoms with van der Waals surface area (Å²) < 4.78 is 5.57. The lowest BCUT2D eigenvalue weighted by Gasteiger charge is -2.40. The predicted octanol–water partition coefficient (Wildman–Crippen LogP) is 3.04. The van der Waals surface area contributed by atoms with Crippen molar-refractivity contribution in [2.24, 2.45) is 5.92 Å². The normalized spacial score (nSPS) is 27.0. The molecule has 0 aliphatic carbocycles. The third-order valence-corrected chi connectivity index (χ3v) is 4.75. The molecule has 3 atom stereocenters. The van der Waals surface area contributed by atoms with E-state index in [1.807, 2.05) is 6.92 Å². The van der Waals surface area contributed by atoms with Crippen molar-refractivity contribution in [2.45, 2.75) is 52.4 Å². The first-order valence-corrected chi connectivity index (χ1v) is 8.20. The average Bonchev–Trinajstić information content (AvgIpc) is 2.48. The molecule has 0 bridgehead atoms. The van der Waals surface area contributed by atoms with E-state index in [1.165, 1.54) is 24.1 Å². The van der Waals surface area contributed by atoms with E-state index < -0.39 is 0 Å². The van der Waals surface area contributed by atoms with E-state index in [1.54, 1.807) is 0 Å². The van der Waals surface area contributed by atoms with Crippen LogP contribution in [-0.4, -0.2) is 37.2 Å². The molecule has 118 valence electrons. The van der Waals surface area contributed by atoms with Gasteiger partial charge >= 0.3 is 0 Å². The number of ether oxygens (including phenoxy) is 1. The Bertz CT molecular complexity index is 435. The summed E-state index contributed by atoms with van der Waals surface area (Å²) >= 11 is 0. The van der Waals surface area contributed by atoms with Gasteiger partial charge in [0.25, 0.3) is 0 Å². The number of hydrogen-bond donors (Lipinski definition) is 1. The third kappa shape index (κ3) is 4.53. The number of piperidine rings is 1. The van der Waals surface area contributed by atoms with Gasteiger partial charge in [-0.3, -0.25) is 0 Å². The molecular formula is C18H30N2O. The molecule has 2 rings (SSSR count). The van der Waals surface area contributed by atoms with Crippen molar-refractivity contribution < 1.29 is 4.74 Å². The molecule has 0 spiro atoms. The molecule has 1 heterocycles. The summed E-state index contributed by atoms with van der Waals surface area (Å²) in [6.07, 6.45) is 1.23. The molecule has 3 heteroatoms. The minimum atomic E-state index is 0.608. The summed E-state index contributed by atoms with van der Waals surface area (Å²) in [5.74, 6) is 0.699. The maximum Gasteiger partial charge on any atom is 0.0719 e. The van der Waals surface area contributed by atoms with Gasteiger partial charge in [0.15, 0.2) is 0 Å². The van der Waals surface area contributed by atoms with Gasteiger partial charge in [-0.2, -0.15) is 0 Å².